The van der Waals surface area contributed by atoms with Crippen LogP contribution in [0.3, 0.4) is 0 Å². The number of carbonyl (C=O) groups is 1. The van der Waals surface area contributed by atoms with Crippen LogP contribution in [0.5, 0.6) is 0 Å². The lowest BCUT2D eigenvalue weighted by atomic mass is 9.88. The third-order valence-corrected chi connectivity index (χ3v) is 5.97. The van der Waals surface area contributed by atoms with Gasteiger partial charge < -0.3 is 9.73 Å². The molecule has 2 aromatic rings. The predicted octanol–water partition coefficient (Wildman–Crippen LogP) is 2.88. The first-order valence-electron chi connectivity index (χ1n) is 8.89. The van der Waals surface area contributed by atoms with Crippen LogP contribution in [0, 0.1) is 0 Å². The number of hydrogen-bond donors (Lipinski definition) is 1. The number of amides is 1. The highest BCUT2D eigenvalue weighted by Crippen LogP contribution is 2.29. The van der Waals surface area contributed by atoms with Crippen molar-refractivity contribution < 1.29 is 17.6 Å². The molecule has 27 heavy (non-hydrogen) atoms. The number of hydrogen-bond acceptors (Lipinski definition) is 4. The Morgan fingerprint density at radius 3 is 2.85 bits per heavy atom. The van der Waals surface area contributed by atoms with Gasteiger partial charge in [-0.1, -0.05) is 24.3 Å². The highest BCUT2D eigenvalue weighted by molar-refractivity contribution is 7.88. The zero-order valence-corrected chi connectivity index (χ0v) is 16.3. The van der Waals surface area contributed by atoms with Crippen molar-refractivity contribution >= 4 is 22.0 Å². The summed E-state index contributed by atoms with van der Waals surface area (Å²) in [5.41, 5.74) is 2.48. The minimum atomic E-state index is -3.27. The molecule has 0 spiro atoms. The van der Waals surface area contributed by atoms with Crippen LogP contribution in [-0.2, 0) is 27.8 Å². The SMILES string of the molecule is CN(Cc1ccc(/C=C/C(=O)N[C@H]2CCCc3ccccc32)o1)S(C)(=O)=O. The van der Waals surface area contributed by atoms with Crippen molar-refractivity contribution in [3.05, 3.63) is 65.1 Å². The molecule has 0 unspecified atom stereocenters. The van der Waals surface area contributed by atoms with Crippen molar-refractivity contribution in [2.24, 2.45) is 0 Å². The monoisotopic (exact) mass is 388 g/mol. The fourth-order valence-corrected chi connectivity index (χ4v) is 3.55. The lowest BCUT2D eigenvalue weighted by molar-refractivity contribution is -0.117. The molecular formula is C20H24N2O4S. The topological polar surface area (TPSA) is 79.6 Å². The van der Waals surface area contributed by atoms with Crippen LogP contribution in [-0.4, -0.2) is 31.9 Å². The first-order valence-corrected chi connectivity index (χ1v) is 10.7. The second-order valence-electron chi connectivity index (χ2n) is 6.81. The van der Waals surface area contributed by atoms with E-state index in [0.29, 0.717) is 11.5 Å². The van der Waals surface area contributed by atoms with E-state index in [0.717, 1.165) is 25.5 Å². The molecule has 3 rings (SSSR count). The summed E-state index contributed by atoms with van der Waals surface area (Å²) in [6, 6.07) is 11.7. The summed E-state index contributed by atoms with van der Waals surface area (Å²) in [7, 11) is -1.78. The highest BCUT2D eigenvalue weighted by atomic mass is 32.2. The number of fused-ring (bicyclic) bond motifs is 1. The average Bonchev–Trinajstić information content (AvgIpc) is 3.07. The summed E-state index contributed by atoms with van der Waals surface area (Å²) in [6.45, 7) is 0.151. The number of furan rings is 1. The zero-order valence-electron chi connectivity index (χ0n) is 15.5. The Hall–Kier alpha value is -2.38. The van der Waals surface area contributed by atoms with Gasteiger partial charge in [0.2, 0.25) is 15.9 Å². The minimum absolute atomic E-state index is 0.0303. The van der Waals surface area contributed by atoms with Gasteiger partial charge in [0.05, 0.1) is 18.8 Å². The Morgan fingerprint density at radius 2 is 2.07 bits per heavy atom. The fourth-order valence-electron chi connectivity index (χ4n) is 3.19. The van der Waals surface area contributed by atoms with Gasteiger partial charge in [-0.3, -0.25) is 4.79 Å². The molecule has 144 valence electrons. The maximum atomic E-state index is 12.3. The Morgan fingerprint density at radius 1 is 1.30 bits per heavy atom. The molecule has 0 saturated carbocycles. The van der Waals surface area contributed by atoms with Gasteiger partial charge in [0.15, 0.2) is 0 Å². The number of aryl methyl sites for hydroxylation is 1. The Labute approximate surface area is 159 Å². The summed E-state index contributed by atoms with van der Waals surface area (Å²) in [5.74, 6) is 0.846. The third kappa shape index (κ3) is 5.08. The second-order valence-corrected chi connectivity index (χ2v) is 8.90. The maximum absolute atomic E-state index is 12.3. The van der Waals surface area contributed by atoms with Crippen LogP contribution in [0.15, 0.2) is 46.9 Å². The number of nitrogens with zero attached hydrogens (tertiary/aromatic N) is 1. The Bertz CT molecular complexity index is 946. The summed E-state index contributed by atoms with van der Waals surface area (Å²) in [5, 5.41) is 3.05. The van der Waals surface area contributed by atoms with Crippen LogP contribution < -0.4 is 5.32 Å². The van der Waals surface area contributed by atoms with E-state index in [9.17, 15) is 13.2 Å². The average molecular weight is 388 g/mol. The van der Waals surface area contributed by atoms with E-state index in [2.05, 4.69) is 17.4 Å². The fraction of sp³-hybridized carbons (Fsp3) is 0.350. The summed E-state index contributed by atoms with van der Waals surface area (Å²) in [6.07, 6.45) is 7.22. The molecule has 1 N–H and O–H groups in total. The van der Waals surface area contributed by atoms with E-state index in [4.69, 9.17) is 4.42 Å². The largest absolute Gasteiger partial charge is 0.460 e. The molecule has 0 aliphatic heterocycles. The van der Waals surface area contributed by atoms with Crippen LogP contribution in [0.25, 0.3) is 6.08 Å². The van der Waals surface area contributed by atoms with Crippen LogP contribution >= 0.6 is 0 Å². The predicted molar refractivity (Wildman–Crippen MR) is 104 cm³/mol. The van der Waals surface area contributed by atoms with E-state index in [1.165, 1.54) is 28.6 Å². The van der Waals surface area contributed by atoms with Gasteiger partial charge in [-0.25, -0.2) is 8.42 Å². The van der Waals surface area contributed by atoms with Gasteiger partial charge in [-0.15, -0.1) is 0 Å². The number of benzene rings is 1. The van der Waals surface area contributed by atoms with Crippen molar-refractivity contribution in [1.29, 1.82) is 0 Å². The van der Waals surface area contributed by atoms with Gasteiger partial charge in [0.25, 0.3) is 0 Å². The van der Waals surface area contributed by atoms with Gasteiger partial charge in [0, 0.05) is 13.1 Å². The molecule has 1 amide bonds. The van der Waals surface area contributed by atoms with Crippen molar-refractivity contribution in [1.82, 2.24) is 9.62 Å². The molecule has 1 aliphatic rings. The molecule has 0 bridgehead atoms. The van der Waals surface area contributed by atoms with Crippen molar-refractivity contribution in [3.63, 3.8) is 0 Å². The third-order valence-electron chi connectivity index (χ3n) is 4.71. The molecular weight excluding hydrogens is 364 g/mol. The molecule has 0 fully saturated rings. The number of nitrogens with one attached hydrogen (secondary N) is 1. The summed E-state index contributed by atoms with van der Waals surface area (Å²) >= 11 is 0. The lowest BCUT2D eigenvalue weighted by Gasteiger charge is -2.25. The first kappa shape index (κ1) is 19.4. The number of carbonyl (C=O) groups excluding carboxylic acids is 1. The molecule has 6 nitrogen and oxygen atoms in total. The highest BCUT2D eigenvalue weighted by Gasteiger charge is 2.20. The zero-order chi connectivity index (χ0) is 19.4. The van der Waals surface area contributed by atoms with E-state index in [1.54, 1.807) is 18.2 Å². The first-order chi connectivity index (χ1) is 12.8. The number of rotatable bonds is 6. The molecule has 1 atom stereocenters. The standard InChI is InChI=1S/C20H24N2O4S/c1-22(27(2,24)25)14-17-11-10-16(26-17)12-13-20(23)21-19-9-5-7-15-6-3-4-8-18(15)19/h3-4,6,8,10-13,19H,5,7,9,14H2,1-2H3,(H,21,23)/b13-12+/t19-/m0/s1. The molecule has 7 heteroatoms. The summed E-state index contributed by atoms with van der Waals surface area (Å²) in [4.78, 5) is 12.3. The molecule has 0 radical (unpaired) electrons. The van der Waals surface area contributed by atoms with Crippen LogP contribution in [0.4, 0.5) is 0 Å². The van der Waals surface area contributed by atoms with Gasteiger partial charge >= 0.3 is 0 Å². The van der Waals surface area contributed by atoms with Crippen LogP contribution in [0.2, 0.25) is 0 Å². The molecule has 1 aliphatic carbocycles. The lowest BCUT2D eigenvalue weighted by Crippen LogP contribution is -2.29. The Balaban J connectivity index is 1.60. The van der Waals surface area contributed by atoms with E-state index in [1.807, 2.05) is 12.1 Å². The normalized spacial score (nSPS) is 17.2. The quantitative estimate of drug-likeness (QED) is 0.772. The van der Waals surface area contributed by atoms with E-state index < -0.39 is 10.0 Å². The van der Waals surface area contributed by atoms with Gasteiger partial charge in [-0.2, -0.15) is 4.31 Å². The van der Waals surface area contributed by atoms with Gasteiger partial charge in [-0.05, 0) is 48.6 Å². The van der Waals surface area contributed by atoms with E-state index in [-0.39, 0.29) is 18.5 Å². The van der Waals surface area contributed by atoms with Crippen molar-refractivity contribution in [2.75, 3.05) is 13.3 Å². The smallest absolute Gasteiger partial charge is 0.244 e. The van der Waals surface area contributed by atoms with E-state index >= 15 is 0 Å². The van der Waals surface area contributed by atoms with Crippen molar-refractivity contribution in [2.45, 2.75) is 31.8 Å². The maximum Gasteiger partial charge on any atom is 0.244 e. The molecule has 0 saturated heterocycles. The number of sulfonamides is 1. The molecule has 1 aromatic heterocycles. The second kappa shape index (κ2) is 8.10. The molecule has 1 aromatic carbocycles. The van der Waals surface area contributed by atoms with Crippen molar-refractivity contribution in [3.8, 4) is 0 Å². The van der Waals surface area contributed by atoms with Crippen LogP contribution in [0.1, 0.15) is 41.5 Å². The minimum Gasteiger partial charge on any atom is -0.460 e. The molecule has 1 heterocycles. The van der Waals surface area contributed by atoms with Gasteiger partial charge in [0.1, 0.15) is 11.5 Å². The summed E-state index contributed by atoms with van der Waals surface area (Å²) < 4.78 is 29.7. The Kier molecular flexibility index (Phi) is 5.82.